The number of hydrogen-bond donors (Lipinski definition) is 0. The van der Waals surface area contributed by atoms with E-state index in [1.807, 2.05) is 0 Å². The summed E-state index contributed by atoms with van der Waals surface area (Å²) in [7, 11) is 0. The molecule has 0 saturated carbocycles. The molecular formula is C8H10N4. The molecule has 1 unspecified atom stereocenters. The number of azo groups is 1. The molecule has 0 radical (unpaired) electrons. The first kappa shape index (κ1) is 7.34. The Balaban J connectivity index is 2.33. The topological polar surface area (TPSA) is 49.4 Å². The first-order chi connectivity index (χ1) is 5.79. The van der Waals surface area contributed by atoms with Crippen LogP contribution in [-0.4, -0.2) is 18.2 Å². The van der Waals surface area contributed by atoms with Gasteiger partial charge in [-0.05, 0) is 5.92 Å². The monoisotopic (exact) mass is 162 g/mol. The minimum atomic E-state index is 0.187. The van der Waals surface area contributed by atoms with Gasteiger partial charge in [0.2, 0.25) is 0 Å². The second-order valence-corrected chi connectivity index (χ2v) is 3.21. The van der Waals surface area contributed by atoms with Crippen molar-refractivity contribution in [2.24, 2.45) is 26.1 Å². The molecule has 2 heterocycles. The molecule has 2 aliphatic rings. The molecule has 4 nitrogen and oxygen atoms in total. The first-order valence-electron chi connectivity index (χ1n) is 4.00. The Labute approximate surface area is 70.8 Å². The molecule has 0 aromatic rings. The van der Waals surface area contributed by atoms with E-state index in [9.17, 15) is 0 Å². The van der Waals surface area contributed by atoms with E-state index in [4.69, 9.17) is 0 Å². The normalized spacial score (nSPS) is 25.8. The van der Waals surface area contributed by atoms with Gasteiger partial charge in [0.1, 0.15) is 6.34 Å². The highest BCUT2D eigenvalue weighted by atomic mass is 15.2. The lowest BCUT2D eigenvalue weighted by molar-refractivity contribution is 0.561. The third kappa shape index (κ3) is 0.995. The summed E-state index contributed by atoms with van der Waals surface area (Å²) in [6.45, 7) is 4.26. The lowest BCUT2D eigenvalue weighted by Crippen LogP contribution is -2.22. The summed E-state index contributed by atoms with van der Waals surface area (Å²) in [5.41, 5.74) is 1.05. The molecule has 4 heteroatoms. The molecule has 0 bridgehead atoms. The number of amidine groups is 1. The molecule has 62 valence electrons. The Morgan fingerprint density at radius 2 is 2.25 bits per heavy atom. The quantitative estimate of drug-likeness (QED) is 0.564. The summed E-state index contributed by atoms with van der Waals surface area (Å²) < 4.78 is 0. The highest BCUT2D eigenvalue weighted by Crippen LogP contribution is 2.24. The number of aliphatic imine (C=N–C) groups is 2. The maximum atomic E-state index is 4.27. The van der Waals surface area contributed by atoms with E-state index in [0.29, 0.717) is 5.92 Å². The zero-order valence-electron chi connectivity index (χ0n) is 7.10. The van der Waals surface area contributed by atoms with Crippen molar-refractivity contribution >= 4 is 12.2 Å². The van der Waals surface area contributed by atoms with Gasteiger partial charge in [-0.1, -0.05) is 13.8 Å². The molecule has 0 spiro atoms. The van der Waals surface area contributed by atoms with Crippen molar-refractivity contribution in [3.63, 3.8) is 0 Å². The molecule has 0 amide bonds. The third-order valence-electron chi connectivity index (χ3n) is 1.96. The molecule has 0 aromatic carbocycles. The van der Waals surface area contributed by atoms with Gasteiger partial charge in [-0.25, -0.2) is 4.99 Å². The SMILES string of the molecule is CC(C)C1N=CN=C2N=NC=C21. The summed E-state index contributed by atoms with van der Waals surface area (Å²) in [6.07, 6.45) is 3.32. The van der Waals surface area contributed by atoms with E-state index < -0.39 is 0 Å². The van der Waals surface area contributed by atoms with E-state index in [2.05, 4.69) is 34.1 Å². The molecule has 0 fully saturated rings. The van der Waals surface area contributed by atoms with Crippen molar-refractivity contribution < 1.29 is 0 Å². The van der Waals surface area contributed by atoms with Crippen molar-refractivity contribution in [3.05, 3.63) is 11.8 Å². The zero-order chi connectivity index (χ0) is 8.55. The van der Waals surface area contributed by atoms with Crippen LogP contribution in [-0.2, 0) is 0 Å². The van der Waals surface area contributed by atoms with Gasteiger partial charge >= 0.3 is 0 Å². The second kappa shape index (κ2) is 2.62. The van der Waals surface area contributed by atoms with E-state index in [-0.39, 0.29) is 6.04 Å². The van der Waals surface area contributed by atoms with Gasteiger partial charge in [0.15, 0.2) is 5.84 Å². The molecule has 0 aromatic heterocycles. The Bertz CT molecular complexity index is 309. The molecule has 0 N–H and O–H groups in total. The summed E-state index contributed by atoms with van der Waals surface area (Å²) in [5, 5.41) is 7.69. The van der Waals surface area contributed by atoms with Crippen molar-refractivity contribution in [1.29, 1.82) is 0 Å². The fraction of sp³-hybridized carbons (Fsp3) is 0.500. The maximum absolute atomic E-state index is 4.27. The highest BCUT2D eigenvalue weighted by Gasteiger charge is 2.26. The molecule has 2 rings (SSSR count). The summed E-state index contributed by atoms with van der Waals surface area (Å²) in [6, 6.07) is 0.187. The van der Waals surface area contributed by atoms with Crippen molar-refractivity contribution in [2.75, 3.05) is 0 Å². The summed E-state index contributed by atoms with van der Waals surface area (Å²) >= 11 is 0. The van der Waals surface area contributed by atoms with Crippen LogP contribution in [0, 0.1) is 5.92 Å². The number of rotatable bonds is 1. The van der Waals surface area contributed by atoms with Crippen LogP contribution >= 0.6 is 0 Å². The van der Waals surface area contributed by atoms with Gasteiger partial charge in [0.05, 0.1) is 12.2 Å². The first-order valence-corrected chi connectivity index (χ1v) is 4.00. The van der Waals surface area contributed by atoms with E-state index in [0.717, 1.165) is 11.4 Å². The van der Waals surface area contributed by atoms with Gasteiger partial charge in [-0.2, -0.15) is 5.11 Å². The van der Waals surface area contributed by atoms with Crippen LogP contribution in [0.1, 0.15) is 13.8 Å². The van der Waals surface area contributed by atoms with Crippen LogP contribution in [0.2, 0.25) is 0 Å². The van der Waals surface area contributed by atoms with Gasteiger partial charge < -0.3 is 0 Å². The summed E-state index contributed by atoms with van der Waals surface area (Å²) in [4.78, 5) is 8.29. The predicted octanol–water partition coefficient (Wildman–Crippen LogP) is 1.80. The van der Waals surface area contributed by atoms with E-state index in [1.54, 1.807) is 12.5 Å². The van der Waals surface area contributed by atoms with Gasteiger partial charge in [0.25, 0.3) is 0 Å². The van der Waals surface area contributed by atoms with Crippen LogP contribution in [0.4, 0.5) is 0 Å². The number of nitrogens with zero attached hydrogens (tertiary/aromatic N) is 4. The molecular weight excluding hydrogens is 152 g/mol. The minimum Gasteiger partial charge on any atom is -0.265 e. The van der Waals surface area contributed by atoms with Crippen molar-refractivity contribution in [3.8, 4) is 0 Å². The van der Waals surface area contributed by atoms with Gasteiger partial charge in [-0.15, -0.1) is 5.11 Å². The van der Waals surface area contributed by atoms with Crippen LogP contribution in [0.25, 0.3) is 0 Å². The van der Waals surface area contributed by atoms with Crippen molar-refractivity contribution in [2.45, 2.75) is 19.9 Å². The number of hydrogen-bond acceptors (Lipinski definition) is 4. The van der Waals surface area contributed by atoms with Crippen LogP contribution in [0.15, 0.2) is 32.0 Å². The highest BCUT2D eigenvalue weighted by molar-refractivity contribution is 6.06. The fourth-order valence-electron chi connectivity index (χ4n) is 1.34. The van der Waals surface area contributed by atoms with Crippen LogP contribution in [0.3, 0.4) is 0 Å². The van der Waals surface area contributed by atoms with Crippen LogP contribution < -0.4 is 0 Å². The minimum absolute atomic E-state index is 0.187. The largest absolute Gasteiger partial charge is 0.265 e. The number of fused-ring (bicyclic) bond motifs is 1. The molecule has 1 atom stereocenters. The molecule has 0 saturated heterocycles. The third-order valence-corrected chi connectivity index (χ3v) is 1.96. The van der Waals surface area contributed by atoms with Crippen LogP contribution in [0.5, 0.6) is 0 Å². The fourth-order valence-corrected chi connectivity index (χ4v) is 1.34. The average Bonchev–Trinajstić information content (AvgIpc) is 2.49. The van der Waals surface area contributed by atoms with E-state index in [1.165, 1.54) is 0 Å². The predicted molar refractivity (Wildman–Crippen MR) is 47.5 cm³/mol. The zero-order valence-corrected chi connectivity index (χ0v) is 7.10. The Kier molecular flexibility index (Phi) is 1.60. The lowest BCUT2D eigenvalue weighted by atomic mass is 9.96. The van der Waals surface area contributed by atoms with E-state index >= 15 is 0 Å². The standard InChI is InChI=1S/C8H10N4/c1-5(2)7-6-3-11-12-8(6)10-4-9-7/h3-5,7H,1-2H3. The Hall–Kier alpha value is -1.32. The van der Waals surface area contributed by atoms with Crippen molar-refractivity contribution in [1.82, 2.24) is 0 Å². The Morgan fingerprint density at radius 3 is 3.00 bits per heavy atom. The summed E-state index contributed by atoms with van der Waals surface area (Å²) in [5.74, 6) is 1.20. The second-order valence-electron chi connectivity index (χ2n) is 3.21. The smallest absolute Gasteiger partial charge is 0.182 e. The molecule has 12 heavy (non-hydrogen) atoms. The lowest BCUT2D eigenvalue weighted by Gasteiger charge is -2.18. The van der Waals surface area contributed by atoms with Gasteiger partial charge in [-0.3, -0.25) is 4.99 Å². The average molecular weight is 162 g/mol. The molecule has 0 aliphatic carbocycles. The molecule has 2 aliphatic heterocycles. The van der Waals surface area contributed by atoms with Gasteiger partial charge in [0, 0.05) is 5.57 Å². The Morgan fingerprint density at radius 1 is 1.42 bits per heavy atom. The maximum Gasteiger partial charge on any atom is 0.182 e.